The summed E-state index contributed by atoms with van der Waals surface area (Å²) in [6.07, 6.45) is 0. The molecule has 0 spiro atoms. The number of methoxy groups -OCH3 is 2. The molecule has 0 bridgehead atoms. The Balaban J connectivity index is 2.38. The molecule has 2 aromatic carbocycles. The van der Waals surface area contributed by atoms with Gasteiger partial charge in [-0.2, -0.15) is 0 Å². The number of anilines is 1. The predicted octanol–water partition coefficient (Wildman–Crippen LogP) is 2.65. The monoisotopic (exact) mass is 331 g/mol. The average molecular weight is 331 g/mol. The van der Waals surface area contributed by atoms with Gasteiger partial charge in [-0.15, -0.1) is 0 Å². The second-order valence-corrected chi connectivity index (χ2v) is 4.70. The van der Waals surface area contributed by atoms with Crippen LogP contribution in [0.5, 0.6) is 0 Å². The lowest BCUT2D eigenvalue weighted by molar-refractivity contribution is 0.0587. The van der Waals surface area contributed by atoms with E-state index in [1.165, 1.54) is 44.6 Å². The molecule has 0 atom stereocenters. The Hall–Kier alpha value is -3.22. The highest BCUT2D eigenvalue weighted by molar-refractivity contribution is 6.09. The van der Waals surface area contributed by atoms with Crippen molar-refractivity contribution in [3.8, 4) is 0 Å². The van der Waals surface area contributed by atoms with E-state index < -0.39 is 23.7 Å². The number of hydrogen-bond donors (Lipinski definition) is 1. The third-order valence-corrected chi connectivity index (χ3v) is 3.20. The zero-order valence-electron chi connectivity index (χ0n) is 13.0. The fourth-order valence-electron chi connectivity index (χ4n) is 1.98. The SMILES string of the molecule is COC(=O)c1ccc(C(=O)OC)c(NC(=O)c2ccc(F)cc2)c1. The second-order valence-electron chi connectivity index (χ2n) is 4.70. The number of amides is 1. The van der Waals surface area contributed by atoms with Gasteiger partial charge in [0.1, 0.15) is 5.82 Å². The van der Waals surface area contributed by atoms with E-state index in [1.807, 2.05) is 0 Å². The maximum atomic E-state index is 12.9. The van der Waals surface area contributed by atoms with E-state index in [1.54, 1.807) is 0 Å². The molecule has 7 heteroatoms. The number of carbonyl (C=O) groups excluding carboxylic acids is 3. The minimum atomic E-state index is -0.680. The van der Waals surface area contributed by atoms with E-state index in [0.29, 0.717) is 0 Å². The van der Waals surface area contributed by atoms with Gasteiger partial charge in [0.05, 0.1) is 31.0 Å². The normalized spacial score (nSPS) is 9.96. The van der Waals surface area contributed by atoms with Gasteiger partial charge in [-0.3, -0.25) is 4.79 Å². The quantitative estimate of drug-likeness (QED) is 0.871. The second kappa shape index (κ2) is 7.36. The first-order valence-electron chi connectivity index (χ1n) is 6.84. The maximum Gasteiger partial charge on any atom is 0.339 e. The molecule has 2 rings (SSSR count). The number of esters is 2. The molecule has 0 radical (unpaired) electrons. The summed E-state index contributed by atoms with van der Waals surface area (Å²) < 4.78 is 22.2. The summed E-state index contributed by atoms with van der Waals surface area (Å²) in [6.45, 7) is 0. The van der Waals surface area contributed by atoms with Crippen LogP contribution >= 0.6 is 0 Å². The van der Waals surface area contributed by atoms with Gasteiger partial charge < -0.3 is 14.8 Å². The summed E-state index contributed by atoms with van der Waals surface area (Å²) in [5.74, 6) is -2.35. The first-order chi connectivity index (χ1) is 11.5. The van der Waals surface area contributed by atoms with Gasteiger partial charge in [-0.1, -0.05) is 0 Å². The number of ether oxygens (including phenoxy) is 2. The summed E-state index contributed by atoms with van der Waals surface area (Å²) >= 11 is 0. The van der Waals surface area contributed by atoms with E-state index in [0.717, 1.165) is 12.1 Å². The van der Waals surface area contributed by atoms with Gasteiger partial charge >= 0.3 is 11.9 Å². The highest BCUT2D eigenvalue weighted by atomic mass is 19.1. The number of halogens is 1. The van der Waals surface area contributed by atoms with Crippen molar-refractivity contribution >= 4 is 23.5 Å². The number of carbonyl (C=O) groups is 3. The number of benzene rings is 2. The van der Waals surface area contributed by atoms with Crippen molar-refractivity contribution in [2.24, 2.45) is 0 Å². The number of rotatable bonds is 4. The molecule has 6 nitrogen and oxygen atoms in total. The Morgan fingerprint density at radius 3 is 2.04 bits per heavy atom. The van der Waals surface area contributed by atoms with Crippen molar-refractivity contribution in [2.75, 3.05) is 19.5 Å². The molecule has 0 aliphatic heterocycles. The van der Waals surface area contributed by atoms with Gasteiger partial charge in [-0.25, -0.2) is 14.0 Å². The Labute approximate surface area is 137 Å². The maximum absolute atomic E-state index is 12.9. The smallest absolute Gasteiger partial charge is 0.339 e. The zero-order valence-corrected chi connectivity index (χ0v) is 13.0. The van der Waals surface area contributed by atoms with Crippen molar-refractivity contribution < 1.29 is 28.2 Å². The molecule has 0 saturated carbocycles. The van der Waals surface area contributed by atoms with Crippen LogP contribution < -0.4 is 5.32 Å². The molecule has 1 N–H and O–H groups in total. The van der Waals surface area contributed by atoms with Crippen molar-refractivity contribution in [3.05, 3.63) is 65.0 Å². The van der Waals surface area contributed by atoms with Crippen LogP contribution in [0.25, 0.3) is 0 Å². The first-order valence-corrected chi connectivity index (χ1v) is 6.84. The summed E-state index contributed by atoms with van der Waals surface area (Å²) in [6, 6.07) is 8.91. The van der Waals surface area contributed by atoms with Gasteiger partial charge in [-0.05, 0) is 42.5 Å². The third kappa shape index (κ3) is 3.75. The Kier molecular flexibility index (Phi) is 5.26. The van der Waals surface area contributed by atoms with Gasteiger partial charge in [0.25, 0.3) is 5.91 Å². The Morgan fingerprint density at radius 1 is 0.875 bits per heavy atom. The average Bonchev–Trinajstić information content (AvgIpc) is 2.60. The molecular weight excluding hydrogens is 317 g/mol. The minimum Gasteiger partial charge on any atom is -0.465 e. The third-order valence-electron chi connectivity index (χ3n) is 3.20. The number of nitrogens with one attached hydrogen (secondary N) is 1. The molecule has 1 amide bonds. The number of hydrogen-bond acceptors (Lipinski definition) is 5. The van der Waals surface area contributed by atoms with Crippen LogP contribution in [0.2, 0.25) is 0 Å². The molecule has 0 aliphatic rings. The van der Waals surface area contributed by atoms with Crippen LogP contribution in [-0.2, 0) is 9.47 Å². The Bertz CT molecular complexity index is 786. The molecule has 0 aromatic heterocycles. The van der Waals surface area contributed by atoms with Crippen LogP contribution in [0.3, 0.4) is 0 Å². The molecule has 24 heavy (non-hydrogen) atoms. The summed E-state index contributed by atoms with van der Waals surface area (Å²) in [5.41, 5.74) is 0.495. The van der Waals surface area contributed by atoms with E-state index in [2.05, 4.69) is 14.8 Å². The van der Waals surface area contributed by atoms with Crippen LogP contribution in [0.1, 0.15) is 31.1 Å². The van der Waals surface area contributed by atoms with Crippen LogP contribution in [-0.4, -0.2) is 32.1 Å². The Morgan fingerprint density at radius 2 is 1.46 bits per heavy atom. The molecule has 124 valence electrons. The highest BCUT2D eigenvalue weighted by Gasteiger charge is 2.18. The minimum absolute atomic E-state index is 0.0700. The van der Waals surface area contributed by atoms with Crippen molar-refractivity contribution in [1.82, 2.24) is 0 Å². The topological polar surface area (TPSA) is 81.7 Å². The van der Waals surface area contributed by atoms with Crippen molar-refractivity contribution in [3.63, 3.8) is 0 Å². The van der Waals surface area contributed by atoms with Crippen molar-refractivity contribution in [2.45, 2.75) is 0 Å². The summed E-state index contributed by atoms with van der Waals surface area (Å²) in [7, 11) is 2.41. The molecular formula is C17H14FNO5. The largest absolute Gasteiger partial charge is 0.465 e. The molecule has 2 aromatic rings. The first kappa shape index (κ1) is 17.1. The lowest BCUT2D eigenvalue weighted by atomic mass is 10.1. The molecule has 0 unspecified atom stereocenters. The fourth-order valence-corrected chi connectivity index (χ4v) is 1.98. The molecule has 0 aliphatic carbocycles. The van der Waals surface area contributed by atoms with Gasteiger partial charge in [0, 0.05) is 5.56 Å². The van der Waals surface area contributed by atoms with Gasteiger partial charge in [0.2, 0.25) is 0 Å². The van der Waals surface area contributed by atoms with Crippen molar-refractivity contribution in [1.29, 1.82) is 0 Å². The van der Waals surface area contributed by atoms with Gasteiger partial charge in [0.15, 0.2) is 0 Å². The lowest BCUT2D eigenvalue weighted by Crippen LogP contribution is -2.16. The highest BCUT2D eigenvalue weighted by Crippen LogP contribution is 2.20. The molecule has 0 heterocycles. The molecule has 0 saturated heterocycles. The van der Waals surface area contributed by atoms with Crippen LogP contribution in [0, 0.1) is 5.82 Å². The van der Waals surface area contributed by atoms with Crippen LogP contribution in [0.4, 0.5) is 10.1 Å². The van der Waals surface area contributed by atoms with E-state index in [9.17, 15) is 18.8 Å². The standard InChI is InChI=1S/C17H14FNO5/c1-23-16(21)11-5-8-13(17(22)24-2)14(9-11)19-15(20)10-3-6-12(18)7-4-10/h3-9H,1-2H3,(H,19,20). The fraction of sp³-hybridized carbons (Fsp3) is 0.118. The van der Waals surface area contributed by atoms with Crippen LogP contribution in [0.15, 0.2) is 42.5 Å². The lowest BCUT2D eigenvalue weighted by Gasteiger charge is -2.11. The predicted molar refractivity (Wildman–Crippen MR) is 83.5 cm³/mol. The van der Waals surface area contributed by atoms with E-state index in [4.69, 9.17) is 0 Å². The van der Waals surface area contributed by atoms with E-state index >= 15 is 0 Å². The summed E-state index contributed by atoms with van der Waals surface area (Å²) in [5, 5.41) is 2.51. The van der Waals surface area contributed by atoms with E-state index in [-0.39, 0.29) is 22.4 Å². The molecule has 0 fully saturated rings. The summed E-state index contributed by atoms with van der Waals surface area (Å²) in [4.78, 5) is 35.7. The zero-order chi connectivity index (χ0) is 17.7.